The first-order valence-corrected chi connectivity index (χ1v) is 6.74. The van der Waals surface area contributed by atoms with Crippen molar-refractivity contribution in [1.29, 1.82) is 0 Å². The maximum Gasteiger partial charge on any atom is 0.244 e. The summed E-state index contributed by atoms with van der Waals surface area (Å²) in [4.78, 5) is 16.5. The van der Waals surface area contributed by atoms with Gasteiger partial charge < -0.3 is 0 Å². The summed E-state index contributed by atoms with van der Waals surface area (Å²) in [5.74, 6) is -0.192. The lowest BCUT2D eigenvalue weighted by Gasteiger charge is -2.26. The monoisotopic (exact) mass is 263 g/mol. The van der Waals surface area contributed by atoms with E-state index in [2.05, 4.69) is 9.99 Å². The molecule has 2 aliphatic heterocycles. The fourth-order valence-electron chi connectivity index (χ4n) is 3.05. The summed E-state index contributed by atoms with van der Waals surface area (Å²) in [6, 6.07) is 1.42. The molecular weight excluding hydrogens is 245 g/mol. The number of fused-ring (bicyclic) bond motifs is 1. The van der Waals surface area contributed by atoms with Crippen molar-refractivity contribution < 1.29 is 9.18 Å². The Kier molecular flexibility index (Phi) is 2.82. The van der Waals surface area contributed by atoms with Gasteiger partial charge in [0, 0.05) is 19.3 Å². The van der Waals surface area contributed by atoms with Gasteiger partial charge in [0.15, 0.2) is 0 Å². The van der Waals surface area contributed by atoms with E-state index in [0.29, 0.717) is 0 Å². The number of carbonyl (C=O) groups excluding carboxylic acids is 1. The highest BCUT2D eigenvalue weighted by molar-refractivity contribution is 5.84. The van der Waals surface area contributed by atoms with E-state index in [4.69, 9.17) is 0 Å². The molecule has 0 spiro atoms. The molecule has 19 heavy (non-hydrogen) atoms. The Hall–Kier alpha value is -1.49. The largest absolute Gasteiger partial charge is 0.273 e. The normalized spacial score (nSPS) is 31.0. The molecule has 5 heteroatoms. The van der Waals surface area contributed by atoms with Gasteiger partial charge >= 0.3 is 0 Å². The van der Waals surface area contributed by atoms with Crippen molar-refractivity contribution in [2.75, 3.05) is 13.1 Å². The number of carbonyl (C=O) groups is 1. The Bertz CT molecular complexity index is 521. The summed E-state index contributed by atoms with van der Waals surface area (Å²) in [7, 11) is 0. The van der Waals surface area contributed by atoms with Crippen LogP contribution in [0.25, 0.3) is 0 Å². The highest BCUT2D eigenvalue weighted by atomic mass is 19.1. The van der Waals surface area contributed by atoms with Gasteiger partial charge in [0.25, 0.3) is 0 Å². The number of nitrogens with zero attached hydrogens (tertiary/aromatic N) is 3. The highest BCUT2D eigenvalue weighted by Gasteiger charge is 2.51. The van der Waals surface area contributed by atoms with E-state index in [9.17, 15) is 9.18 Å². The first kappa shape index (κ1) is 12.5. The first-order chi connectivity index (χ1) is 9.05. The highest BCUT2D eigenvalue weighted by Crippen LogP contribution is 2.43. The second-order valence-corrected chi connectivity index (χ2v) is 5.69. The van der Waals surface area contributed by atoms with E-state index in [1.54, 1.807) is 6.20 Å². The molecule has 2 unspecified atom stereocenters. The van der Waals surface area contributed by atoms with E-state index in [1.165, 1.54) is 12.3 Å². The molecule has 3 rings (SSSR count). The third-order valence-corrected chi connectivity index (χ3v) is 4.41. The molecule has 0 aromatic carbocycles. The Morgan fingerprint density at radius 3 is 3.00 bits per heavy atom. The third-order valence-electron chi connectivity index (χ3n) is 4.41. The maximum absolute atomic E-state index is 13.3. The molecule has 2 saturated heterocycles. The maximum atomic E-state index is 13.3. The molecule has 4 nitrogen and oxygen atoms in total. The second kappa shape index (κ2) is 4.27. The number of rotatable bonds is 2. The van der Waals surface area contributed by atoms with Gasteiger partial charge in [-0.3, -0.25) is 14.8 Å². The number of amides is 1. The quantitative estimate of drug-likeness (QED) is 0.820. The zero-order chi connectivity index (χ0) is 13.6. The van der Waals surface area contributed by atoms with Crippen LogP contribution in [-0.2, 0) is 4.79 Å². The van der Waals surface area contributed by atoms with E-state index in [1.807, 2.05) is 18.9 Å². The van der Waals surface area contributed by atoms with Gasteiger partial charge in [-0.05, 0) is 31.4 Å². The van der Waals surface area contributed by atoms with Gasteiger partial charge in [-0.2, -0.15) is 0 Å². The van der Waals surface area contributed by atoms with Crippen molar-refractivity contribution >= 4 is 5.91 Å². The Morgan fingerprint density at radius 1 is 1.53 bits per heavy atom. The molecule has 102 valence electrons. The fraction of sp³-hybridized carbons (Fsp3) is 0.571. The van der Waals surface area contributed by atoms with Crippen LogP contribution < -0.4 is 0 Å². The van der Waals surface area contributed by atoms with Gasteiger partial charge in [0.2, 0.25) is 5.91 Å². The number of aromatic nitrogens is 1. The van der Waals surface area contributed by atoms with Gasteiger partial charge in [0.05, 0.1) is 17.7 Å². The van der Waals surface area contributed by atoms with Crippen LogP contribution in [0.15, 0.2) is 18.5 Å². The minimum Gasteiger partial charge on any atom is -0.273 e. The summed E-state index contributed by atoms with van der Waals surface area (Å²) in [5.41, 5.74) is 0.482. The molecule has 1 aromatic heterocycles. The van der Waals surface area contributed by atoms with Gasteiger partial charge in [-0.15, -0.1) is 0 Å². The third kappa shape index (κ3) is 1.84. The molecule has 2 fully saturated rings. The lowest BCUT2D eigenvalue weighted by molar-refractivity contribution is -0.142. The summed E-state index contributed by atoms with van der Waals surface area (Å²) in [6.07, 6.45) is 4.52. The van der Waals surface area contributed by atoms with Crippen molar-refractivity contribution in [3.8, 4) is 0 Å². The van der Waals surface area contributed by atoms with Crippen LogP contribution in [0.2, 0.25) is 0 Å². The van der Waals surface area contributed by atoms with Crippen molar-refractivity contribution in [2.24, 2.45) is 5.41 Å². The summed E-state index contributed by atoms with van der Waals surface area (Å²) in [5, 5.41) is 3.92. The molecular formula is C14H18FN3O. The van der Waals surface area contributed by atoms with Crippen LogP contribution in [0.3, 0.4) is 0 Å². The predicted molar refractivity (Wildman–Crippen MR) is 68.4 cm³/mol. The average Bonchev–Trinajstić information content (AvgIpc) is 2.90. The summed E-state index contributed by atoms with van der Waals surface area (Å²) < 4.78 is 13.3. The number of hydrogen-bond acceptors (Lipinski definition) is 3. The lowest BCUT2D eigenvalue weighted by Crippen LogP contribution is -2.36. The topological polar surface area (TPSA) is 36.4 Å². The van der Waals surface area contributed by atoms with Crippen LogP contribution >= 0.6 is 0 Å². The number of pyridine rings is 1. The minimum absolute atomic E-state index is 0.0657. The molecule has 2 atom stereocenters. The zero-order valence-electron chi connectivity index (χ0n) is 11.3. The fourth-order valence-corrected chi connectivity index (χ4v) is 3.05. The van der Waals surface area contributed by atoms with Crippen molar-refractivity contribution in [3.05, 3.63) is 29.8 Å². The van der Waals surface area contributed by atoms with Crippen LogP contribution in [0, 0.1) is 11.2 Å². The van der Waals surface area contributed by atoms with Crippen molar-refractivity contribution in [2.45, 2.75) is 32.7 Å². The van der Waals surface area contributed by atoms with Crippen molar-refractivity contribution in [3.63, 3.8) is 0 Å². The molecule has 0 saturated carbocycles. The molecule has 0 radical (unpaired) electrons. The molecule has 2 aliphatic rings. The molecule has 0 bridgehead atoms. The van der Waals surface area contributed by atoms with Gasteiger partial charge in [0.1, 0.15) is 5.82 Å². The van der Waals surface area contributed by atoms with E-state index < -0.39 is 0 Å². The molecule has 1 aromatic rings. The van der Waals surface area contributed by atoms with Gasteiger partial charge in [-0.25, -0.2) is 9.40 Å². The zero-order valence-corrected chi connectivity index (χ0v) is 11.3. The van der Waals surface area contributed by atoms with Crippen molar-refractivity contribution in [1.82, 2.24) is 15.0 Å². The number of hydrogen-bond donors (Lipinski definition) is 0. The lowest BCUT2D eigenvalue weighted by atomic mass is 9.87. The Balaban J connectivity index is 1.92. The first-order valence-electron chi connectivity index (χ1n) is 6.74. The molecule has 0 aliphatic carbocycles. The van der Waals surface area contributed by atoms with E-state index in [-0.39, 0.29) is 23.2 Å². The summed E-state index contributed by atoms with van der Waals surface area (Å²) in [6.45, 7) is 5.67. The van der Waals surface area contributed by atoms with E-state index in [0.717, 1.165) is 31.5 Å². The second-order valence-electron chi connectivity index (χ2n) is 5.69. The predicted octanol–water partition coefficient (Wildman–Crippen LogP) is 2.14. The standard InChI is InChI=1S/C14H18FN3O/c1-3-14(2)9-17-5-4-12(18(17)13(14)19)10-6-11(15)8-16-7-10/h6-8,12H,3-5,9H2,1-2H3. The number of halogens is 1. The van der Waals surface area contributed by atoms with E-state index >= 15 is 0 Å². The smallest absolute Gasteiger partial charge is 0.244 e. The van der Waals surface area contributed by atoms with Crippen LogP contribution in [0.1, 0.15) is 38.3 Å². The minimum atomic E-state index is -0.346. The van der Waals surface area contributed by atoms with Crippen LogP contribution in [0.4, 0.5) is 4.39 Å². The Morgan fingerprint density at radius 2 is 2.32 bits per heavy atom. The Labute approximate surface area is 112 Å². The van der Waals surface area contributed by atoms with Gasteiger partial charge in [-0.1, -0.05) is 6.92 Å². The average molecular weight is 263 g/mol. The molecule has 1 amide bonds. The summed E-state index contributed by atoms with van der Waals surface area (Å²) >= 11 is 0. The van der Waals surface area contributed by atoms with Crippen LogP contribution in [0.5, 0.6) is 0 Å². The van der Waals surface area contributed by atoms with Crippen LogP contribution in [-0.4, -0.2) is 34.0 Å². The SMILES string of the molecule is CCC1(C)CN2CCC(c3cncc(F)c3)N2C1=O. The molecule has 0 N–H and O–H groups in total. The number of hydrazine groups is 1. The molecule has 3 heterocycles.